The average Bonchev–Trinajstić information content (AvgIpc) is 3.14. The molecule has 2 N–H and O–H groups in total. The molecule has 2 aromatic rings. The summed E-state index contributed by atoms with van der Waals surface area (Å²) in [5.74, 6) is 0.594. The van der Waals surface area contributed by atoms with E-state index in [1.54, 1.807) is 4.68 Å². The molecule has 0 spiro atoms. The van der Waals surface area contributed by atoms with E-state index in [0.717, 1.165) is 31.6 Å². The third-order valence-electron chi connectivity index (χ3n) is 4.69. The summed E-state index contributed by atoms with van der Waals surface area (Å²) in [7, 11) is 1.97. The Kier molecular flexibility index (Phi) is 5.60. The molecule has 0 bridgehead atoms. The molecule has 134 valence electrons. The van der Waals surface area contributed by atoms with Crippen LogP contribution in [0.25, 0.3) is 5.69 Å². The zero-order chi connectivity index (χ0) is 17.6. The summed E-state index contributed by atoms with van der Waals surface area (Å²) < 4.78 is 1.61. The molecule has 1 fully saturated rings. The number of aromatic nitrogens is 4. The van der Waals surface area contributed by atoms with Crippen LogP contribution in [-0.4, -0.2) is 63.2 Å². The number of nitrogens with zero attached hydrogens (tertiary/aromatic N) is 5. The standard InChI is InChI=1S/C17H25N7O/c1-3-15(16(25)23-11-9-13(18-2)10-12-23)19-17-20-21-22-24(17)14-7-5-4-6-8-14/h4-8,13,15,18H,3,9-12H2,1-2H3,(H,19,20,22). The number of nitrogens with one attached hydrogen (secondary N) is 2. The summed E-state index contributed by atoms with van der Waals surface area (Å²) in [6.07, 6.45) is 2.65. The number of likely N-dealkylation sites (tertiary alicyclic amines) is 1. The van der Waals surface area contributed by atoms with Gasteiger partial charge in [0.2, 0.25) is 11.9 Å². The summed E-state index contributed by atoms with van der Waals surface area (Å²) >= 11 is 0. The first-order chi connectivity index (χ1) is 12.2. The van der Waals surface area contributed by atoms with Crippen molar-refractivity contribution in [2.45, 2.75) is 38.3 Å². The zero-order valence-electron chi connectivity index (χ0n) is 14.7. The molecule has 1 aliphatic heterocycles. The molecule has 1 aromatic heterocycles. The lowest BCUT2D eigenvalue weighted by molar-refractivity contribution is -0.133. The molecule has 1 aliphatic rings. The van der Waals surface area contributed by atoms with Gasteiger partial charge in [0, 0.05) is 19.1 Å². The highest BCUT2D eigenvalue weighted by molar-refractivity contribution is 5.84. The van der Waals surface area contributed by atoms with Gasteiger partial charge in [0.1, 0.15) is 6.04 Å². The maximum Gasteiger partial charge on any atom is 0.248 e. The van der Waals surface area contributed by atoms with E-state index in [1.165, 1.54) is 0 Å². The maximum atomic E-state index is 12.9. The minimum atomic E-state index is -0.334. The Morgan fingerprint density at radius 3 is 2.64 bits per heavy atom. The second-order valence-electron chi connectivity index (χ2n) is 6.24. The lowest BCUT2D eigenvalue weighted by Crippen LogP contribution is -2.49. The lowest BCUT2D eigenvalue weighted by Gasteiger charge is -2.34. The highest BCUT2D eigenvalue weighted by Gasteiger charge is 2.28. The van der Waals surface area contributed by atoms with Gasteiger partial charge < -0.3 is 15.5 Å². The monoisotopic (exact) mass is 343 g/mol. The number of carbonyl (C=O) groups excluding carboxylic acids is 1. The molecule has 25 heavy (non-hydrogen) atoms. The summed E-state index contributed by atoms with van der Waals surface area (Å²) in [6.45, 7) is 3.56. The van der Waals surface area contributed by atoms with Crippen molar-refractivity contribution in [3.05, 3.63) is 30.3 Å². The number of carbonyl (C=O) groups is 1. The number of benzene rings is 1. The van der Waals surface area contributed by atoms with Gasteiger partial charge in [-0.2, -0.15) is 4.68 Å². The van der Waals surface area contributed by atoms with Crippen molar-refractivity contribution in [3.63, 3.8) is 0 Å². The molecule has 1 atom stereocenters. The molecule has 0 aliphatic carbocycles. The maximum absolute atomic E-state index is 12.9. The summed E-state index contributed by atoms with van der Waals surface area (Å²) in [4.78, 5) is 14.8. The van der Waals surface area contributed by atoms with E-state index in [-0.39, 0.29) is 11.9 Å². The van der Waals surface area contributed by atoms with Gasteiger partial charge in [-0.15, -0.1) is 0 Å². The van der Waals surface area contributed by atoms with Gasteiger partial charge in [0.15, 0.2) is 0 Å². The van der Waals surface area contributed by atoms with Gasteiger partial charge in [-0.3, -0.25) is 4.79 Å². The van der Waals surface area contributed by atoms with Crippen LogP contribution in [0.2, 0.25) is 0 Å². The number of piperidine rings is 1. The van der Waals surface area contributed by atoms with Gasteiger partial charge in [-0.05, 0) is 48.9 Å². The van der Waals surface area contributed by atoms with E-state index in [0.29, 0.717) is 18.4 Å². The Morgan fingerprint density at radius 2 is 2.00 bits per heavy atom. The van der Waals surface area contributed by atoms with Gasteiger partial charge >= 0.3 is 0 Å². The fourth-order valence-electron chi connectivity index (χ4n) is 3.12. The zero-order valence-corrected chi connectivity index (χ0v) is 14.7. The molecule has 2 heterocycles. The van der Waals surface area contributed by atoms with E-state index in [4.69, 9.17) is 0 Å². The minimum absolute atomic E-state index is 0.111. The third-order valence-corrected chi connectivity index (χ3v) is 4.69. The van der Waals surface area contributed by atoms with Crippen LogP contribution >= 0.6 is 0 Å². The molecule has 0 radical (unpaired) electrons. The molecule has 1 saturated heterocycles. The van der Waals surface area contributed by atoms with Gasteiger partial charge in [0.05, 0.1) is 5.69 Å². The van der Waals surface area contributed by atoms with Crippen molar-refractivity contribution >= 4 is 11.9 Å². The van der Waals surface area contributed by atoms with Crippen molar-refractivity contribution in [2.24, 2.45) is 0 Å². The molecule has 0 saturated carbocycles. The Hall–Kier alpha value is -2.48. The number of rotatable bonds is 6. The molecule has 8 heteroatoms. The molecule has 1 amide bonds. The number of anilines is 1. The van der Waals surface area contributed by atoms with Crippen LogP contribution in [0.5, 0.6) is 0 Å². The van der Waals surface area contributed by atoms with Crippen LogP contribution in [-0.2, 0) is 4.79 Å². The molecule has 1 unspecified atom stereocenters. The van der Waals surface area contributed by atoms with E-state index in [9.17, 15) is 4.79 Å². The summed E-state index contributed by atoms with van der Waals surface area (Å²) in [5.41, 5.74) is 0.854. The van der Waals surface area contributed by atoms with Crippen molar-refractivity contribution in [2.75, 3.05) is 25.5 Å². The predicted octanol–water partition coefficient (Wildman–Crippen LogP) is 1.06. The predicted molar refractivity (Wildman–Crippen MR) is 95.5 cm³/mol. The molecular formula is C17H25N7O. The highest BCUT2D eigenvalue weighted by Crippen LogP contribution is 2.16. The Labute approximate surface area is 147 Å². The van der Waals surface area contributed by atoms with Crippen LogP contribution in [0.3, 0.4) is 0 Å². The quantitative estimate of drug-likeness (QED) is 0.815. The Balaban J connectivity index is 1.69. The van der Waals surface area contributed by atoms with Crippen LogP contribution in [0.15, 0.2) is 30.3 Å². The van der Waals surface area contributed by atoms with Gasteiger partial charge in [-0.25, -0.2) is 0 Å². The topological polar surface area (TPSA) is 88.0 Å². The van der Waals surface area contributed by atoms with Crippen LogP contribution in [0, 0.1) is 0 Å². The van der Waals surface area contributed by atoms with Crippen LogP contribution < -0.4 is 10.6 Å². The summed E-state index contributed by atoms with van der Waals surface area (Å²) in [5, 5.41) is 18.3. The number of tetrazole rings is 1. The van der Waals surface area contributed by atoms with Crippen LogP contribution in [0.1, 0.15) is 26.2 Å². The largest absolute Gasteiger partial charge is 0.341 e. The Bertz CT molecular complexity index is 679. The fourth-order valence-corrected chi connectivity index (χ4v) is 3.12. The fraction of sp³-hybridized carbons (Fsp3) is 0.529. The first-order valence-electron chi connectivity index (χ1n) is 8.79. The van der Waals surface area contributed by atoms with Gasteiger partial charge in [-0.1, -0.05) is 30.2 Å². The Morgan fingerprint density at radius 1 is 1.28 bits per heavy atom. The van der Waals surface area contributed by atoms with Crippen molar-refractivity contribution in [1.29, 1.82) is 0 Å². The van der Waals surface area contributed by atoms with Crippen molar-refractivity contribution in [1.82, 2.24) is 30.4 Å². The smallest absolute Gasteiger partial charge is 0.248 e. The first kappa shape index (κ1) is 17.3. The van der Waals surface area contributed by atoms with Crippen LogP contribution in [0.4, 0.5) is 5.95 Å². The second kappa shape index (κ2) is 8.06. The molecule has 1 aromatic carbocycles. The molecule has 3 rings (SSSR count). The SMILES string of the molecule is CCC(Nc1nnnn1-c1ccccc1)C(=O)N1CCC(NC)CC1. The second-order valence-corrected chi connectivity index (χ2v) is 6.24. The number of amides is 1. The van der Waals surface area contributed by atoms with E-state index < -0.39 is 0 Å². The van der Waals surface area contributed by atoms with Crippen molar-refractivity contribution in [3.8, 4) is 5.69 Å². The lowest BCUT2D eigenvalue weighted by atomic mass is 10.0. The van der Waals surface area contributed by atoms with E-state index in [1.807, 2.05) is 49.2 Å². The first-order valence-corrected chi connectivity index (χ1v) is 8.79. The average molecular weight is 343 g/mol. The van der Waals surface area contributed by atoms with E-state index in [2.05, 4.69) is 26.2 Å². The number of para-hydroxylation sites is 1. The normalized spacial score (nSPS) is 16.6. The van der Waals surface area contributed by atoms with Crippen molar-refractivity contribution < 1.29 is 4.79 Å². The summed E-state index contributed by atoms with van der Waals surface area (Å²) in [6, 6.07) is 9.81. The number of hydrogen-bond acceptors (Lipinski definition) is 6. The minimum Gasteiger partial charge on any atom is -0.341 e. The molecular weight excluding hydrogens is 318 g/mol. The third kappa shape index (κ3) is 3.96. The highest BCUT2D eigenvalue weighted by atomic mass is 16.2. The molecule has 8 nitrogen and oxygen atoms in total. The number of hydrogen-bond donors (Lipinski definition) is 2. The van der Waals surface area contributed by atoms with E-state index >= 15 is 0 Å². The van der Waals surface area contributed by atoms with Gasteiger partial charge in [0.25, 0.3) is 0 Å².